The van der Waals surface area contributed by atoms with E-state index in [-0.39, 0.29) is 0 Å². The lowest BCUT2D eigenvalue weighted by atomic mass is 10.0. The van der Waals surface area contributed by atoms with Gasteiger partial charge in [0.05, 0.1) is 0 Å². The standard InChI is InChI=1S/C12H26N2OS/c1-10(2)12(14(3)4)9-13-11-5-7-16(15)8-6-11/h10-13H,5-9H2,1-4H3. The molecule has 0 aliphatic carbocycles. The van der Waals surface area contributed by atoms with Gasteiger partial charge in [0.2, 0.25) is 0 Å². The van der Waals surface area contributed by atoms with Gasteiger partial charge in [0.25, 0.3) is 0 Å². The molecule has 1 saturated heterocycles. The topological polar surface area (TPSA) is 32.3 Å². The molecule has 0 aromatic carbocycles. The SMILES string of the molecule is CC(C)C(CNC1CCS(=O)CC1)N(C)C. The first-order valence-corrected chi connectivity index (χ1v) is 7.74. The van der Waals surface area contributed by atoms with Crippen LogP contribution in [-0.2, 0) is 10.8 Å². The highest BCUT2D eigenvalue weighted by Crippen LogP contribution is 2.11. The lowest BCUT2D eigenvalue weighted by Gasteiger charge is -2.31. The maximum absolute atomic E-state index is 11.2. The van der Waals surface area contributed by atoms with Crippen molar-refractivity contribution >= 4 is 10.8 Å². The molecule has 1 heterocycles. The third-order valence-electron chi connectivity index (χ3n) is 3.44. The van der Waals surface area contributed by atoms with Crippen LogP contribution in [0.3, 0.4) is 0 Å². The Hall–Kier alpha value is 0.0700. The third kappa shape index (κ3) is 4.52. The van der Waals surface area contributed by atoms with Crippen LogP contribution in [-0.4, -0.2) is 53.3 Å². The van der Waals surface area contributed by atoms with Crippen LogP contribution in [0.15, 0.2) is 0 Å². The molecule has 4 heteroatoms. The van der Waals surface area contributed by atoms with E-state index in [1.807, 2.05) is 0 Å². The Morgan fingerprint density at radius 1 is 1.31 bits per heavy atom. The molecule has 0 amide bonds. The fraction of sp³-hybridized carbons (Fsp3) is 1.00. The Kier molecular flexibility index (Phi) is 5.94. The first-order chi connectivity index (χ1) is 7.50. The number of likely N-dealkylation sites (N-methyl/N-ethyl adjacent to an activating group) is 1. The molecule has 0 bridgehead atoms. The van der Waals surface area contributed by atoms with Crippen LogP contribution in [0.4, 0.5) is 0 Å². The molecule has 0 saturated carbocycles. The molecule has 0 aromatic heterocycles. The van der Waals surface area contributed by atoms with Gasteiger partial charge >= 0.3 is 0 Å². The predicted octanol–water partition coefficient (Wildman–Crippen LogP) is 1.07. The van der Waals surface area contributed by atoms with E-state index in [2.05, 4.69) is 38.2 Å². The monoisotopic (exact) mass is 246 g/mol. The molecule has 0 aromatic rings. The Balaban J connectivity index is 2.29. The molecule has 1 aliphatic rings. The fourth-order valence-corrected chi connectivity index (χ4v) is 3.60. The Bertz CT molecular complexity index is 213. The summed E-state index contributed by atoms with van der Waals surface area (Å²) in [6.07, 6.45) is 2.15. The van der Waals surface area contributed by atoms with Crippen LogP contribution >= 0.6 is 0 Å². The number of nitrogens with one attached hydrogen (secondary N) is 1. The van der Waals surface area contributed by atoms with Crippen molar-refractivity contribution in [1.29, 1.82) is 0 Å². The van der Waals surface area contributed by atoms with Crippen LogP contribution in [0.1, 0.15) is 26.7 Å². The summed E-state index contributed by atoms with van der Waals surface area (Å²) in [6, 6.07) is 1.17. The van der Waals surface area contributed by atoms with Crippen molar-refractivity contribution in [2.45, 2.75) is 38.8 Å². The summed E-state index contributed by atoms with van der Waals surface area (Å²) < 4.78 is 11.2. The van der Waals surface area contributed by atoms with E-state index in [0.717, 1.165) is 30.9 Å². The third-order valence-corrected chi connectivity index (χ3v) is 4.82. The largest absolute Gasteiger partial charge is 0.312 e. The zero-order valence-electron chi connectivity index (χ0n) is 11.0. The molecule has 1 rings (SSSR count). The molecule has 1 unspecified atom stereocenters. The highest BCUT2D eigenvalue weighted by Gasteiger charge is 2.20. The minimum Gasteiger partial charge on any atom is -0.312 e. The molecule has 1 fully saturated rings. The number of rotatable bonds is 5. The summed E-state index contributed by atoms with van der Waals surface area (Å²) >= 11 is 0. The average molecular weight is 246 g/mol. The summed E-state index contributed by atoms with van der Waals surface area (Å²) in [5.74, 6) is 2.43. The molecule has 0 spiro atoms. The van der Waals surface area contributed by atoms with Gasteiger partial charge in [0.1, 0.15) is 0 Å². The van der Waals surface area contributed by atoms with Crippen molar-refractivity contribution in [1.82, 2.24) is 10.2 Å². The van der Waals surface area contributed by atoms with Gasteiger partial charge in [-0.05, 0) is 32.9 Å². The minimum absolute atomic E-state index is 0.543. The van der Waals surface area contributed by atoms with E-state index < -0.39 is 10.8 Å². The summed E-state index contributed by atoms with van der Waals surface area (Å²) in [4.78, 5) is 2.29. The first-order valence-electron chi connectivity index (χ1n) is 6.25. The van der Waals surface area contributed by atoms with Gasteiger partial charge in [0, 0.05) is 40.9 Å². The molecule has 16 heavy (non-hydrogen) atoms. The van der Waals surface area contributed by atoms with E-state index in [4.69, 9.17) is 0 Å². The summed E-state index contributed by atoms with van der Waals surface area (Å²) in [5, 5.41) is 3.63. The second-order valence-corrected chi connectivity index (χ2v) is 7.00. The Morgan fingerprint density at radius 3 is 2.31 bits per heavy atom. The van der Waals surface area contributed by atoms with E-state index in [0.29, 0.717) is 18.0 Å². The van der Waals surface area contributed by atoms with Crippen LogP contribution in [0.5, 0.6) is 0 Å². The van der Waals surface area contributed by atoms with Crippen LogP contribution in [0.25, 0.3) is 0 Å². The quantitative estimate of drug-likeness (QED) is 0.788. The Morgan fingerprint density at radius 2 is 1.88 bits per heavy atom. The second kappa shape index (κ2) is 6.72. The van der Waals surface area contributed by atoms with Gasteiger partial charge in [-0.15, -0.1) is 0 Å². The van der Waals surface area contributed by atoms with Gasteiger partial charge in [-0.1, -0.05) is 13.8 Å². The predicted molar refractivity (Wildman–Crippen MR) is 71.2 cm³/mol. The molecule has 1 N–H and O–H groups in total. The van der Waals surface area contributed by atoms with Gasteiger partial charge in [-0.25, -0.2) is 0 Å². The number of hydrogen-bond donors (Lipinski definition) is 1. The van der Waals surface area contributed by atoms with Crippen LogP contribution in [0.2, 0.25) is 0 Å². The summed E-state index contributed by atoms with van der Waals surface area (Å²) in [7, 11) is 3.74. The van der Waals surface area contributed by atoms with Gasteiger partial charge in [-0.3, -0.25) is 4.21 Å². The zero-order chi connectivity index (χ0) is 12.1. The van der Waals surface area contributed by atoms with E-state index in [1.165, 1.54) is 0 Å². The normalized spacial score (nSPS) is 28.6. The maximum Gasteiger partial charge on any atom is 0.0249 e. The lowest BCUT2D eigenvalue weighted by molar-refractivity contribution is 0.217. The van der Waals surface area contributed by atoms with Crippen molar-refractivity contribution in [3.63, 3.8) is 0 Å². The number of nitrogens with zero attached hydrogens (tertiary/aromatic N) is 1. The summed E-state index contributed by atoms with van der Waals surface area (Å²) in [6.45, 7) is 5.58. The van der Waals surface area contributed by atoms with Crippen molar-refractivity contribution in [2.75, 3.05) is 32.1 Å². The minimum atomic E-state index is -0.543. The first kappa shape index (κ1) is 14.1. The fourth-order valence-electron chi connectivity index (χ4n) is 2.30. The van der Waals surface area contributed by atoms with Crippen molar-refractivity contribution in [3.05, 3.63) is 0 Å². The van der Waals surface area contributed by atoms with Gasteiger partial charge in [-0.2, -0.15) is 0 Å². The molecule has 1 atom stereocenters. The molecule has 0 radical (unpaired) electrons. The lowest BCUT2D eigenvalue weighted by Crippen LogP contribution is -2.46. The molecule has 1 aliphatic heterocycles. The van der Waals surface area contributed by atoms with Crippen molar-refractivity contribution in [2.24, 2.45) is 5.92 Å². The molecule has 3 nitrogen and oxygen atoms in total. The van der Waals surface area contributed by atoms with Gasteiger partial charge < -0.3 is 10.2 Å². The smallest absolute Gasteiger partial charge is 0.0249 e. The summed E-state index contributed by atoms with van der Waals surface area (Å²) in [5.41, 5.74) is 0. The second-order valence-electron chi connectivity index (χ2n) is 5.31. The highest BCUT2D eigenvalue weighted by atomic mass is 32.2. The molecular weight excluding hydrogens is 220 g/mol. The molecular formula is C12H26N2OS. The van der Waals surface area contributed by atoms with Crippen LogP contribution < -0.4 is 5.32 Å². The average Bonchev–Trinajstić information content (AvgIpc) is 2.20. The zero-order valence-corrected chi connectivity index (χ0v) is 11.8. The van der Waals surface area contributed by atoms with Crippen molar-refractivity contribution < 1.29 is 4.21 Å². The molecule has 96 valence electrons. The maximum atomic E-state index is 11.2. The van der Waals surface area contributed by atoms with Crippen molar-refractivity contribution in [3.8, 4) is 0 Å². The van der Waals surface area contributed by atoms with E-state index >= 15 is 0 Å². The van der Waals surface area contributed by atoms with Gasteiger partial charge in [0.15, 0.2) is 0 Å². The van der Waals surface area contributed by atoms with Crippen LogP contribution in [0, 0.1) is 5.92 Å². The van der Waals surface area contributed by atoms with E-state index in [1.54, 1.807) is 0 Å². The Labute approximate surface area is 102 Å². The van der Waals surface area contributed by atoms with E-state index in [9.17, 15) is 4.21 Å². The highest BCUT2D eigenvalue weighted by molar-refractivity contribution is 7.85. The number of hydrogen-bond acceptors (Lipinski definition) is 3.